The van der Waals surface area contributed by atoms with Crippen LogP contribution in [0.3, 0.4) is 0 Å². The van der Waals surface area contributed by atoms with Gasteiger partial charge in [-0.2, -0.15) is 0 Å². The van der Waals surface area contributed by atoms with Gasteiger partial charge in [0.15, 0.2) is 0 Å². The lowest BCUT2D eigenvalue weighted by molar-refractivity contribution is -0.148. The SMILES string of the molecule is COC(=O)[C@H](CC(C)C)NC(=O)[C@@H]([C@@H](O)c1ccccc1)N1CN(C)[C@@H](CC(C)C)C1=O. The lowest BCUT2D eigenvalue weighted by Crippen LogP contribution is -2.55. The van der Waals surface area contributed by atoms with E-state index in [9.17, 15) is 19.5 Å². The number of carbonyl (C=O) groups excluding carboxylic acids is 3. The van der Waals surface area contributed by atoms with E-state index in [1.165, 1.54) is 12.0 Å². The van der Waals surface area contributed by atoms with Crippen LogP contribution in [0.1, 0.15) is 52.2 Å². The number of carbonyl (C=O) groups is 3. The summed E-state index contributed by atoms with van der Waals surface area (Å²) in [5.41, 5.74) is 0.522. The van der Waals surface area contributed by atoms with Gasteiger partial charge in [-0.15, -0.1) is 0 Å². The van der Waals surface area contributed by atoms with Crippen molar-refractivity contribution < 1.29 is 24.2 Å². The molecule has 0 bridgehead atoms. The number of esters is 1. The molecule has 1 heterocycles. The first-order valence-corrected chi connectivity index (χ1v) is 11.2. The summed E-state index contributed by atoms with van der Waals surface area (Å²) in [4.78, 5) is 42.3. The number of hydrogen-bond acceptors (Lipinski definition) is 6. The second kappa shape index (κ2) is 11.4. The van der Waals surface area contributed by atoms with Crippen molar-refractivity contribution in [3.05, 3.63) is 35.9 Å². The third kappa shape index (κ3) is 6.29. The maximum Gasteiger partial charge on any atom is 0.328 e. The van der Waals surface area contributed by atoms with Crippen molar-refractivity contribution >= 4 is 17.8 Å². The van der Waals surface area contributed by atoms with Crippen LogP contribution in [-0.2, 0) is 19.1 Å². The van der Waals surface area contributed by atoms with E-state index < -0.39 is 30.1 Å². The minimum absolute atomic E-state index is 0.131. The van der Waals surface area contributed by atoms with Crippen LogP contribution < -0.4 is 5.32 Å². The third-order valence-electron chi connectivity index (χ3n) is 5.72. The molecule has 0 aromatic heterocycles. The van der Waals surface area contributed by atoms with Crippen LogP contribution in [-0.4, -0.2) is 71.6 Å². The van der Waals surface area contributed by atoms with Gasteiger partial charge in [-0.05, 0) is 37.3 Å². The van der Waals surface area contributed by atoms with Gasteiger partial charge in [0, 0.05) is 0 Å². The van der Waals surface area contributed by atoms with Gasteiger partial charge in [0.05, 0.1) is 19.8 Å². The number of aliphatic hydroxyl groups is 1. The van der Waals surface area contributed by atoms with Crippen molar-refractivity contribution in [1.82, 2.24) is 15.1 Å². The van der Waals surface area contributed by atoms with Gasteiger partial charge >= 0.3 is 5.97 Å². The first-order valence-electron chi connectivity index (χ1n) is 11.2. The molecular formula is C24H37N3O5. The summed E-state index contributed by atoms with van der Waals surface area (Å²) in [5, 5.41) is 13.9. The molecule has 1 fully saturated rings. The number of likely N-dealkylation sites (N-methyl/N-ethyl adjacent to an activating group) is 1. The Bertz CT molecular complexity index is 783. The molecular weight excluding hydrogens is 410 g/mol. The number of ether oxygens (including phenoxy) is 1. The molecule has 0 aliphatic carbocycles. The molecule has 0 radical (unpaired) electrons. The number of nitrogens with one attached hydrogen (secondary N) is 1. The normalized spacial score (nSPS) is 19.8. The summed E-state index contributed by atoms with van der Waals surface area (Å²) in [6.07, 6.45) is -0.209. The van der Waals surface area contributed by atoms with Crippen LogP contribution in [0.2, 0.25) is 0 Å². The zero-order chi connectivity index (χ0) is 24.0. The van der Waals surface area contributed by atoms with Crippen LogP contribution in [0, 0.1) is 11.8 Å². The fourth-order valence-corrected chi connectivity index (χ4v) is 4.11. The van der Waals surface area contributed by atoms with E-state index in [0.29, 0.717) is 24.3 Å². The predicted octanol–water partition coefficient (Wildman–Crippen LogP) is 1.94. The number of aliphatic hydroxyl groups excluding tert-OH is 1. The smallest absolute Gasteiger partial charge is 0.328 e. The Balaban J connectivity index is 2.37. The molecule has 2 amide bonds. The monoisotopic (exact) mass is 447 g/mol. The summed E-state index contributed by atoms with van der Waals surface area (Å²) in [5.74, 6) is -0.902. The minimum Gasteiger partial charge on any atom is -0.467 e. The van der Waals surface area contributed by atoms with Crippen molar-refractivity contribution in [3.63, 3.8) is 0 Å². The summed E-state index contributed by atoms with van der Waals surface area (Å²) >= 11 is 0. The molecule has 1 aromatic carbocycles. The highest BCUT2D eigenvalue weighted by atomic mass is 16.5. The minimum atomic E-state index is -1.25. The molecule has 0 saturated carbocycles. The van der Waals surface area contributed by atoms with Crippen LogP contribution >= 0.6 is 0 Å². The largest absolute Gasteiger partial charge is 0.467 e. The van der Waals surface area contributed by atoms with Gasteiger partial charge in [0.2, 0.25) is 11.8 Å². The van der Waals surface area contributed by atoms with Gasteiger partial charge in [0.25, 0.3) is 0 Å². The Hall–Kier alpha value is -2.45. The molecule has 2 rings (SSSR count). The molecule has 8 nitrogen and oxygen atoms in total. The Kier molecular flexibility index (Phi) is 9.21. The van der Waals surface area contributed by atoms with E-state index in [4.69, 9.17) is 4.74 Å². The van der Waals surface area contributed by atoms with Crippen molar-refractivity contribution in [3.8, 4) is 0 Å². The second-order valence-electron chi connectivity index (χ2n) is 9.37. The quantitative estimate of drug-likeness (QED) is 0.532. The zero-order valence-electron chi connectivity index (χ0n) is 19.9. The first-order chi connectivity index (χ1) is 15.1. The highest BCUT2D eigenvalue weighted by molar-refractivity contribution is 5.93. The number of benzene rings is 1. The first kappa shape index (κ1) is 25.8. The molecule has 1 aliphatic heterocycles. The molecule has 8 heteroatoms. The van der Waals surface area contributed by atoms with Gasteiger partial charge in [-0.3, -0.25) is 14.5 Å². The van der Waals surface area contributed by atoms with Crippen LogP contribution in [0.4, 0.5) is 0 Å². The Morgan fingerprint density at radius 3 is 2.31 bits per heavy atom. The molecule has 2 N–H and O–H groups in total. The number of hydrogen-bond donors (Lipinski definition) is 2. The molecule has 1 aromatic rings. The zero-order valence-corrected chi connectivity index (χ0v) is 19.9. The lowest BCUT2D eigenvalue weighted by Gasteiger charge is -2.32. The Morgan fingerprint density at radius 1 is 1.16 bits per heavy atom. The van der Waals surface area contributed by atoms with Crippen LogP contribution in [0.25, 0.3) is 0 Å². The number of methoxy groups -OCH3 is 1. The fourth-order valence-electron chi connectivity index (χ4n) is 4.11. The Morgan fingerprint density at radius 2 is 1.78 bits per heavy atom. The summed E-state index contributed by atoms with van der Waals surface area (Å²) in [6, 6.07) is 6.38. The van der Waals surface area contributed by atoms with Gasteiger partial charge in [0.1, 0.15) is 18.2 Å². The second-order valence-corrected chi connectivity index (χ2v) is 9.37. The maximum absolute atomic E-state index is 13.4. The average molecular weight is 448 g/mol. The topological polar surface area (TPSA) is 99.2 Å². The van der Waals surface area contributed by atoms with Crippen molar-refractivity contribution in [1.29, 1.82) is 0 Å². The van der Waals surface area contributed by atoms with E-state index in [0.717, 1.165) is 0 Å². The number of rotatable bonds is 10. The van der Waals surface area contributed by atoms with Crippen molar-refractivity contribution in [2.45, 2.75) is 64.8 Å². The maximum atomic E-state index is 13.4. The van der Waals surface area contributed by atoms with Crippen LogP contribution in [0.15, 0.2) is 30.3 Å². The molecule has 4 atom stereocenters. The molecule has 0 spiro atoms. The van der Waals surface area contributed by atoms with Gasteiger partial charge in [-0.25, -0.2) is 4.79 Å². The predicted molar refractivity (Wildman–Crippen MR) is 121 cm³/mol. The van der Waals surface area contributed by atoms with Gasteiger partial charge < -0.3 is 20.1 Å². The fraction of sp³-hybridized carbons (Fsp3) is 0.625. The van der Waals surface area contributed by atoms with E-state index in [2.05, 4.69) is 5.32 Å². The van der Waals surface area contributed by atoms with E-state index in [-0.39, 0.29) is 24.5 Å². The third-order valence-corrected chi connectivity index (χ3v) is 5.72. The molecule has 32 heavy (non-hydrogen) atoms. The molecule has 1 aliphatic rings. The van der Waals surface area contributed by atoms with Crippen LogP contribution in [0.5, 0.6) is 0 Å². The summed E-state index contributed by atoms with van der Waals surface area (Å²) in [7, 11) is 3.11. The standard InChI is InChI=1S/C24H37N3O5/c1-15(2)12-18(24(31)32-6)25-22(29)20(21(28)17-10-8-7-9-11-17)27-14-26(5)19(23(27)30)13-16(3)4/h7-11,15-16,18-21,28H,12-14H2,1-6H3,(H,25,29)/t18-,19-,20+,21-/m0/s1. The molecule has 0 unspecified atom stereocenters. The summed E-state index contributed by atoms with van der Waals surface area (Å²) < 4.78 is 4.86. The summed E-state index contributed by atoms with van der Waals surface area (Å²) in [6.45, 7) is 8.17. The van der Waals surface area contributed by atoms with E-state index >= 15 is 0 Å². The highest BCUT2D eigenvalue weighted by Gasteiger charge is 2.45. The number of amides is 2. The van der Waals surface area contributed by atoms with E-state index in [1.54, 1.807) is 24.3 Å². The van der Waals surface area contributed by atoms with Crippen molar-refractivity contribution in [2.75, 3.05) is 20.8 Å². The average Bonchev–Trinajstić information content (AvgIpc) is 3.00. The molecule has 1 saturated heterocycles. The van der Waals surface area contributed by atoms with E-state index in [1.807, 2.05) is 45.7 Å². The molecule has 178 valence electrons. The van der Waals surface area contributed by atoms with Crippen molar-refractivity contribution in [2.24, 2.45) is 11.8 Å². The van der Waals surface area contributed by atoms with Gasteiger partial charge in [-0.1, -0.05) is 58.0 Å². The number of nitrogens with zero attached hydrogens (tertiary/aromatic N) is 2. The highest BCUT2D eigenvalue weighted by Crippen LogP contribution is 2.28. The Labute approximate surface area is 190 Å². The lowest BCUT2D eigenvalue weighted by atomic mass is 9.97.